The maximum atomic E-state index is 14.1. The molecular formula is C23H26FN5O2S. The van der Waals surface area contributed by atoms with Gasteiger partial charge in [-0.3, -0.25) is 14.8 Å². The number of aromatic nitrogens is 3. The second kappa shape index (κ2) is 8.48. The SMILES string of the molecule is CC(C)Nc1c(C(=O)NCC(F)C(C)(C)O)cnc2c1[nH]c1cc(-c3cncs3)ccc12. The quantitative estimate of drug-likeness (QED) is 0.329. The van der Waals surface area contributed by atoms with Crippen LogP contribution >= 0.6 is 11.3 Å². The number of carbonyl (C=O) groups excluding carboxylic acids is 1. The van der Waals surface area contributed by atoms with Gasteiger partial charge in [0.15, 0.2) is 0 Å². The van der Waals surface area contributed by atoms with Crippen molar-refractivity contribution < 1.29 is 14.3 Å². The van der Waals surface area contributed by atoms with Gasteiger partial charge in [0.2, 0.25) is 0 Å². The Morgan fingerprint density at radius 1 is 1.31 bits per heavy atom. The summed E-state index contributed by atoms with van der Waals surface area (Å²) in [6.07, 6.45) is 1.74. The molecule has 32 heavy (non-hydrogen) atoms. The predicted molar refractivity (Wildman–Crippen MR) is 127 cm³/mol. The van der Waals surface area contributed by atoms with Crippen LogP contribution in [-0.4, -0.2) is 50.3 Å². The first-order chi connectivity index (χ1) is 15.1. The predicted octanol–water partition coefficient (Wildman–Crippen LogP) is 4.50. The van der Waals surface area contributed by atoms with E-state index in [2.05, 4.69) is 25.6 Å². The van der Waals surface area contributed by atoms with Crippen molar-refractivity contribution in [1.82, 2.24) is 20.3 Å². The lowest BCUT2D eigenvalue weighted by atomic mass is 10.0. The molecule has 0 saturated carbocycles. The van der Waals surface area contributed by atoms with E-state index in [1.165, 1.54) is 20.0 Å². The summed E-state index contributed by atoms with van der Waals surface area (Å²) in [5, 5.41) is 16.6. The molecule has 1 atom stereocenters. The second-order valence-corrected chi connectivity index (χ2v) is 9.54. The van der Waals surface area contributed by atoms with Crippen LogP contribution in [0.4, 0.5) is 10.1 Å². The van der Waals surface area contributed by atoms with Crippen LogP contribution in [0.15, 0.2) is 36.1 Å². The maximum Gasteiger partial charge on any atom is 0.255 e. The van der Waals surface area contributed by atoms with Gasteiger partial charge in [-0.25, -0.2) is 4.39 Å². The molecule has 3 heterocycles. The molecule has 1 amide bonds. The minimum Gasteiger partial charge on any atom is -0.387 e. The van der Waals surface area contributed by atoms with Crippen molar-refractivity contribution in [3.63, 3.8) is 0 Å². The summed E-state index contributed by atoms with van der Waals surface area (Å²) in [5.74, 6) is -0.460. The molecular weight excluding hydrogens is 429 g/mol. The van der Waals surface area contributed by atoms with Gasteiger partial charge in [0, 0.05) is 29.3 Å². The average Bonchev–Trinajstić information content (AvgIpc) is 3.38. The van der Waals surface area contributed by atoms with Crippen molar-refractivity contribution in [2.45, 2.75) is 45.5 Å². The molecule has 0 aliphatic carbocycles. The molecule has 9 heteroatoms. The number of anilines is 1. The molecule has 168 valence electrons. The van der Waals surface area contributed by atoms with Crippen LogP contribution < -0.4 is 10.6 Å². The number of thiazole rings is 1. The fraction of sp³-hybridized carbons (Fsp3) is 0.348. The van der Waals surface area contributed by atoms with Gasteiger partial charge >= 0.3 is 0 Å². The number of aliphatic hydroxyl groups is 1. The molecule has 0 radical (unpaired) electrons. The van der Waals surface area contributed by atoms with E-state index in [1.807, 2.05) is 38.2 Å². The summed E-state index contributed by atoms with van der Waals surface area (Å²) in [6.45, 7) is 6.39. The Labute approximate surface area is 189 Å². The largest absolute Gasteiger partial charge is 0.387 e. The molecule has 7 nitrogen and oxygen atoms in total. The number of benzene rings is 1. The second-order valence-electron chi connectivity index (χ2n) is 8.65. The molecule has 1 aromatic carbocycles. The van der Waals surface area contributed by atoms with Gasteiger partial charge in [-0.05, 0) is 45.4 Å². The third-order valence-electron chi connectivity index (χ3n) is 5.22. The Bertz CT molecular complexity index is 1260. The van der Waals surface area contributed by atoms with Crippen LogP contribution in [-0.2, 0) is 0 Å². The van der Waals surface area contributed by atoms with Crippen LogP contribution in [0.25, 0.3) is 32.4 Å². The highest BCUT2D eigenvalue weighted by Gasteiger charge is 2.27. The molecule has 0 saturated heterocycles. The molecule has 3 aromatic heterocycles. The first-order valence-electron chi connectivity index (χ1n) is 10.4. The molecule has 0 bridgehead atoms. The summed E-state index contributed by atoms with van der Waals surface area (Å²) < 4.78 is 14.1. The first-order valence-corrected chi connectivity index (χ1v) is 11.3. The monoisotopic (exact) mass is 455 g/mol. The topological polar surface area (TPSA) is 103 Å². The van der Waals surface area contributed by atoms with E-state index >= 15 is 0 Å². The lowest BCUT2D eigenvalue weighted by Gasteiger charge is -2.23. The van der Waals surface area contributed by atoms with Crippen LogP contribution in [0.3, 0.4) is 0 Å². The molecule has 4 rings (SSSR count). The zero-order valence-electron chi connectivity index (χ0n) is 18.4. The van der Waals surface area contributed by atoms with E-state index in [1.54, 1.807) is 16.8 Å². The summed E-state index contributed by atoms with van der Waals surface area (Å²) in [6, 6.07) is 6.13. The van der Waals surface area contributed by atoms with Crippen molar-refractivity contribution in [2.24, 2.45) is 0 Å². The van der Waals surface area contributed by atoms with Crippen LogP contribution in [0.1, 0.15) is 38.1 Å². The zero-order valence-corrected chi connectivity index (χ0v) is 19.2. The lowest BCUT2D eigenvalue weighted by molar-refractivity contribution is -0.00177. The van der Waals surface area contributed by atoms with Crippen LogP contribution in [0.5, 0.6) is 0 Å². The maximum absolute atomic E-state index is 14.1. The lowest BCUT2D eigenvalue weighted by Crippen LogP contribution is -2.42. The van der Waals surface area contributed by atoms with E-state index in [0.29, 0.717) is 16.8 Å². The third-order valence-corrected chi connectivity index (χ3v) is 6.04. The Hall–Kier alpha value is -3.04. The van der Waals surface area contributed by atoms with Crippen LogP contribution in [0.2, 0.25) is 0 Å². The van der Waals surface area contributed by atoms with E-state index < -0.39 is 17.7 Å². The molecule has 0 aliphatic heterocycles. The Morgan fingerprint density at radius 3 is 2.75 bits per heavy atom. The van der Waals surface area contributed by atoms with Crippen molar-refractivity contribution in [1.29, 1.82) is 0 Å². The fourth-order valence-corrected chi connectivity index (χ4v) is 4.10. The van der Waals surface area contributed by atoms with Crippen molar-refractivity contribution >= 4 is 44.9 Å². The number of amides is 1. The number of hydrogen-bond acceptors (Lipinski definition) is 6. The number of fused-ring (bicyclic) bond motifs is 3. The minimum absolute atomic E-state index is 0.0524. The van der Waals surface area contributed by atoms with E-state index in [9.17, 15) is 14.3 Å². The zero-order chi connectivity index (χ0) is 23.0. The summed E-state index contributed by atoms with van der Waals surface area (Å²) >= 11 is 1.56. The van der Waals surface area contributed by atoms with E-state index in [4.69, 9.17) is 0 Å². The van der Waals surface area contributed by atoms with Crippen LogP contribution in [0, 0.1) is 0 Å². The third kappa shape index (κ3) is 4.31. The number of nitrogens with zero attached hydrogens (tertiary/aromatic N) is 2. The first kappa shape index (κ1) is 22.2. The average molecular weight is 456 g/mol. The molecule has 1 unspecified atom stereocenters. The number of aromatic amines is 1. The number of alkyl halides is 1. The van der Waals surface area contributed by atoms with Gasteiger partial charge in [-0.1, -0.05) is 6.07 Å². The van der Waals surface area contributed by atoms with Gasteiger partial charge in [-0.2, -0.15) is 0 Å². The molecule has 4 aromatic rings. The van der Waals surface area contributed by atoms with Gasteiger partial charge in [0.05, 0.1) is 44.8 Å². The highest BCUT2D eigenvalue weighted by atomic mass is 32.1. The van der Waals surface area contributed by atoms with Gasteiger partial charge in [-0.15, -0.1) is 11.3 Å². The van der Waals surface area contributed by atoms with Gasteiger partial charge in [0.1, 0.15) is 6.17 Å². The summed E-state index contributed by atoms with van der Waals surface area (Å²) in [7, 11) is 0. The smallest absolute Gasteiger partial charge is 0.255 e. The molecule has 0 spiro atoms. The number of pyridine rings is 1. The number of nitrogens with one attached hydrogen (secondary N) is 3. The van der Waals surface area contributed by atoms with Crippen molar-refractivity contribution in [2.75, 3.05) is 11.9 Å². The normalized spacial score (nSPS) is 13.1. The Morgan fingerprint density at radius 2 is 2.09 bits per heavy atom. The fourth-order valence-electron chi connectivity index (χ4n) is 3.48. The summed E-state index contributed by atoms with van der Waals surface area (Å²) in [4.78, 5) is 26.0. The van der Waals surface area contributed by atoms with Crippen molar-refractivity contribution in [3.8, 4) is 10.4 Å². The Balaban J connectivity index is 1.76. The number of hydrogen-bond donors (Lipinski definition) is 4. The number of halogens is 1. The van der Waals surface area contributed by atoms with Gasteiger partial charge in [0.25, 0.3) is 5.91 Å². The highest BCUT2D eigenvalue weighted by Crippen LogP contribution is 2.34. The highest BCUT2D eigenvalue weighted by molar-refractivity contribution is 7.13. The molecule has 0 aliphatic rings. The Kier molecular flexibility index (Phi) is 5.87. The summed E-state index contributed by atoms with van der Waals surface area (Å²) in [5.41, 5.74) is 4.57. The van der Waals surface area contributed by atoms with Crippen molar-refractivity contribution in [3.05, 3.63) is 41.7 Å². The standard InChI is InChI=1S/C23H26FN5O2S/c1-12(2)28-20-15(22(30)27-10-18(24)23(3,4)31)8-26-19-14-6-5-13(17-9-25-11-32-17)7-16(14)29-21(19)20/h5-9,11-12,18,29,31H,10H2,1-4H3,(H,26,28)(H,27,30). The van der Waals surface area contributed by atoms with E-state index in [0.717, 1.165) is 26.9 Å². The van der Waals surface area contributed by atoms with E-state index in [-0.39, 0.29) is 12.6 Å². The number of H-pyrrole nitrogens is 1. The number of rotatable bonds is 7. The number of carbonyl (C=O) groups is 1. The molecule has 4 N–H and O–H groups in total. The molecule has 0 fully saturated rings. The minimum atomic E-state index is -1.59. The van der Waals surface area contributed by atoms with Gasteiger partial charge < -0.3 is 20.7 Å².